The number of aromatic carboxylic acids is 1. The highest BCUT2D eigenvalue weighted by molar-refractivity contribution is 7.89. The fourth-order valence-electron chi connectivity index (χ4n) is 2.74. The van der Waals surface area contributed by atoms with Crippen molar-refractivity contribution >= 4 is 27.3 Å². The number of likely N-dealkylation sites (N-methyl/N-ethyl adjacent to an activating group) is 1. The minimum Gasteiger partial charge on any atom is -0.477 e. The molecule has 0 saturated carbocycles. The lowest BCUT2D eigenvalue weighted by molar-refractivity contribution is 0.0702. The first-order valence-electron chi connectivity index (χ1n) is 6.65. The van der Waals surface area contributed by atoms with Gasteiger partial charge in [-0.2, -0.15) is 4.31 Å². The molecule has 2 rings (SSSR count). The van der Waals surface area contributed by atoms with Crippen molar-refractivity contribution in [1.82, 2.24) is 9.21 Å². The molecule has 1 aromatic rings. The average molecular weight is 332 g/mol. The maximum Gasteiger partial charge on any atom is 0.345 e. The van der Waals surface area contributed by atoms with Crippen molar-refractivity contribution < 1.29 is 18.3 Å². The predicted octanol–water partition coefficient (Wildman–Crippen LogP) is 1.33. The maximum absolute atomic E-state index is 12.7. The first-order valence-corrected chi connectivity index (χ1v) is 8.90. The van der Waals surface area contributed by atoms with Gasteiger partial charge in [0.25, 0.3) is 0 Å². The number of sulfonamides is 1. The summed E-state index contributed by atoms with van der Waals surface area (Å²) in [6, 6.07) is 1.45. The molecule has 1 aliphatic rings. The summed E-state index contributed by atoms with van der Waals surface area (Å²) in [6.07, 6.45) is 0. The predicted molar refractivity (Wildman–Crippen MR) is 81.4 cm³/mol. The minimum absolute atomic E-state index is 0.0579. The molecular weight excluding hydrogens is 312 g/mol. The second-order valence-electron chi connectivity index (χ2n) is 5.67. The Kier molecular flexibility index (Phi) is 4.44. The van der Waals surface area contributed by atoms with Crippen molar-refractivity contribution in [2.24, 2.45) is 5.92 Å². The summed E-state index contributed by atoms with van der Waals surface area (Å²) in [7, 11) is 0.253. The van der Waals surface area contributed by atoms with Crippen molar-refractivity contribution in [1.29, 1.82) is 0 Å². The fourth-order valence-corrected chi connectivity index (χ4v) is 5.70. The third kappa shape index (κ3) is 2.98. The zero-order chi connectivity index (χ0) is 15.9. The van der Waals surface area contributed by atoms with Gasteiger partial charge in [0.05, 0.1) is 4.90 Å². The monoisotopic (exact) mass is 332 g/mol. The van der Waals surface area contributed by atoms with E-state index in [2.05, 4.69) is 0 Å². The molecule has 1 aliphatic heterocycles. The molecule has 1 N–H and O–H groups in total. The van der Waals surface area contributed by atoms with E-state index in [1.165, 1.54) is 10.4 Å². The Hall–Kier alpha value is -0.960. The molecule has 6 nitrogen and oxygen atoms in total. The van der Waals surface area contributed by atoms with Crippen LogP contribution in [0.2, 0.25) is 0 Å². The first-order chi connectivity index (χ1) is 9.64. The Balaban J connectivity index is 2.33. The van der Waals surface area contributed by atoms with Crippen LogP contribution in [0.4, 0.5) is 0 Å². The molecular formula is C13H20N2O4S2. The Morgan fingerprint density at radius 1 is 1.43 bits per heavy atom. The quantitative estimate of drug-likeness (QED) is 0.900. The van der Waals surface area contributed by atoms with Crippen molar-refractivity contribution in [3.8, 4) is 0 Å². The largest absolute Gasteiger partial charge is 0.477 e. The van der Waals surface area contributed by atoms with Gasteiger partial charge in [-0.05, 0) is 33.0 Å². The van der Waals surface area contributed by atoms with Gasteiger partial charge in [-0.3, -0.25) is 0 Å². The van der Waals surface area contributed by atoms with Gasteiger partial charge >= 0.3 is 5.97 Å². The van der Waals surface area contributed by atoms with E-state index in [0.29, 0.717) is 18.0 Å². The van der Waals surface area contributed by atoms with Crippen LogP contribution in [0.15, 0.2) is 11.0 Å². The second kappa shape index (κ2) is 5.68. The Bertz CT molecular complexity index is 651. The van der Waals surface area contributed by atoms with Crippen LogP contribution in [-0.2, 0) is 10.0 Å². The summed E-state index contributed by atoms with van der Waals surface area (Å²) in [4.78, 5) is 13.7. The van der Waals surface area contributed by atoms with Crippen LogP contribution in [0.5, 0.6) is 0 Å². The molecule has 8 heteroatoms. The zero-order valence-electron chi connectivity index (χ0n) is 12.5. The van der Waals surface area contributed by atoms with E-state index >= 15 is 0 Å². The van der Waals surface area contributed by atoms with Crippen LogP contribution >= 0.6 is 11.3 Å². The van der Waals surface area contributed by atoms with Crippen molar-refractivity contribution in [3.63, 3.8) is 0 Å². The first kappa shape index (κ1) is 16.4. The lowest BCUT2D eigenvalue weighted by atomic mass is 10.1. The van der Waals surface area contributed by atoms with Gasteiger partial charge in [-0.1, -0.05) is 6.92 Å². The molecule has 2 heterocycles. The Labute approximate surface area is 129 Å². The standard InChI is InChI=1S/C13H20N2O4S2/c1-8-6-15(7-10(8)14(3)4)21(18,19)12-5-11(13(16)17)20-9(12)2/h5,8,10H,6-7H2,1-4H3,(H,16,17). The van der Waals surface area contributed by atoms with Crippen LogP contribution in [0.25, 0.3) is 0 Å². The van der Waals surface area contributed by atoms with Gasteiger partial charge in [-0.15, -0.1) is 11.3 Å². The zero-order valence-corrected chi connectivity index (χ0v) is 14.2. The number of aryl methyl sites for hydroxylation is 1. The molecule has 0 aromatic carbocycles. The minimum atomic E-state index is -3.63. The lowest BCUT2D eigenvalue weighted by Crippen LogP contribution is -2.35. The van der Waals surface area contributed by atoms with Gasteiger partial charge in [-0.25, -0.2) is 13.2 Å². The third-order valence-electron chi connectivity index (χ3n) is 3.90. The average Bonchev–Trinajstić information content (AvgIpc) is 2.93. The van der Waals surface area contributed by atoms with Crippen LogP contribution in [0.1, 0.15) is 21.5 Å². The van der Waals surface area contributed by atoms with Crippen LogP contribution < -0.4 is 0 Å². The van der Waals surface area contributed by atoms with Gasteiger partial charge in [0, 0.05) is 24.0 Å². The Morgan fingerprint density at radius 3 is 2.48 bits per heavy atom. The van der Waals surface area contributed by atoms with Crippen LogP contribution in [0.3, 0.4) is 0 Å². The number of carboxylic acid groups (broad SMARTS) is 1. The smallest absolute Gasteiger partial charge is 0.345 e. The molecule has 0 amide bonds. The second-order valence-corrected chi connectivity index (χ2v) is 8.83. The number of hydrogen-bond acceptors (Lipinski definition) is 5. The molecule has 118 valence electrons. The number of thiophene rings is 1. The summed E-state index contributed by atoms with van der Waals surface area (Å²) >= 11 is 1.00. The number of nitrogens with zero attached hydrogens (tertiary/aromatic N) is 2. The fraction of sp³-hybridized carbons (Fsp3) is 0.615. The van der Waals surface area contributed by atoms with Crippen LogP contribution in [-0.4, -0.2) is 61.9 Å². The van der Waals surface area contributed by atoms with Gasteiger partial charge in [0.1, 0.15) is 4.88 Å². The molecule has 1 saturated heterocycles. The summed E-state index contributed by atoms with van der Waals surface area (Å²) < 4.78 is 26.9. The molecule has 1 aromatic heterocycles. The SMILES string of the molecule is Cc1sc(C(=O)O)cc1S(=O)(=O)N1CC(C)C(N(C)C)C1. The summed E-state index contributed by atoms with van der Waals surface area (Å²) in [5, 5.41) is 9.01. The molecule has 2 atom stereocenters. The normalized spacial score (nSPS) is 23.9. The molecule has 0 radical (unpaired) electrons. The van der Waals surface area contributed by atoms with E-state index in [4.69, 9.17) is 5.11 Å². The Morgan fingerprint density at radius 2 is 2.05 bits per heavy atom. The highest BCUT2D eigenvalue weighted by Gasteiger charge is 2.39. The summed E-state index contributed by atoms with van der Waals surface area (Å²) in [6.45, 7) is 4.58. The third-order valence-corrected chi connectivity index (χ3v) is 7.03. The van der Waals surface area contributed by atoms with E-state index in [-0.39, 0.29) is 21.7 Å². The number of carboxylic acids is 1. The molecule has 0 bridgehead atoms. The van der Waals surface area contributed by atoms with Crippen molar-refractivity contribution in [3.05, 3.63) is 15.8 Å². The maximum atomic E-state index is 12.7. The number of rotatable bonds is 4. The van der Waals surface area contributed by atoms with Crippen LogP contribution in [0, 0.1) is 12.8 Å². The van der Waals surface area contributed by atoms with Gasteiger partial charge in [0.2, 0.25) is 10.0 Å². The molecule has 0 spiro atoms. The highest BCUT2D eigenvalue weighted by Crippen LogP contribution is 2.32. The van der Waals surface area contributed by atoms with Crippen molar-refractivity contribution in [2.75, 3.05) is 27.2 Å². The van der Waals surface area contributed by atoms with E-state index in [1.807, 2.05) is 25.9 Å². The van der Waals surface area contributed by atoms with E-state index < -0.39 is 16.0 Å². The summed E-state index contributed by atoms with van der Waals surface area (Å²) in [5.41, 5.74) is 0. The van der Waals surface area contributed by atoms with E-state index in [1.54, 1.807) is 6.92 Å². The molecule has 2 unspecified atom stereocenters. The number of hydrogen-bond donors (Lipinski definition) is 1. The molecule has 21 heavy (non-hydrogen) atoms. The summed E-state index contributed by atoms with van der Waals surface area (Å²) in [5.74, 6) is -0.849. The van der Waals surface area contributed by atoms with Gasteiger partial charge in [0.15, 0.2) is 0 Å². The topological polar surface area (TPSA) is 77.9 Å². The van der Waals surface area contributed by atoms with Crippen molar-refractivity contribution in [2.45, 2.75) is 24.8 Å². The van der Waals surface area contributed by atoms with E-state index in [9.17, 15) is 13.2 Å². The lowest BCUT2D eigenvalue weighted by Gasteiger charge is -2.22. The molecule has 1 fully saturated rings. The molecule has 0 aliphatic carbocycles. The number of carbonyl (C=O) groups is 1. The van der Waals surface area contributed by atoms with Gasteiger partial charge < -0.3 is 10.0 Å². The highest BCUT2D eigenvalue weighted by atomic mass is 32.2. The van der Waals surface area contributed by atoms with E-state index in [0.717, 1.165) is 11.3 Å².